The van der Waals surface area contributed by atoms with E-state index in [0.717, 1.165) is 22.2 Å². The zero-order valence-electron chi connectivity index (χ0n) is 19.0. The number of carbonyl (C=O) groups excluding carboxylic acids is 1. The molecule has 4 heteroatoms. The van der Waals surface area contributed by atoms with Gasteiger partial charge in [0.25, 0.3) is 5.91 Å². The molecule has 1 amide bonds. The topological polar surface area (TPSA) is 47.6 Å². The standard InChI is InChI=1S/C25H37NO3/c1-8-28-25(15-17(2)3,16-18(4)5)24(27)26-22-13-14-23(29-19(6)7)21-12-10-9-11-20(21)22/h9-14,17-19H,8,15-16H2,1-7H3,(H,26,27). The Kier molecular flexibility index (Phi) is 8.09. The van der Waals surface area contributed by atoms with Gasteiger partial charge in [0.2, 0.25) is 0 Å². The summed E-state index contributed by atoms with van der Waals surface area (Å²) >= 11 is 0. The Bertz CT molecular complexity index is 801. The van der Waals surface area contributed by atoms with E-state index in [1.54, 1.807) is 0 Å². The zero-order valence-corrected chi connectivity index (χ0v) is 19.0. The van der Waals surface area contributed by atoms with Crippen LogP contribution in [-0.4, -0.2) is 24.2 Å². The second-order valence-electron chi connectivity index (χ2n) is 8.90. The molecule has 0 unspecified atom stereocenters. The van der Waals surface area contributed by atoms with E-state index < -0.39 is 5.60 Å². The maximum absolute atomic E-state index is 13.5. The first-order chi connectivity index (χ1) is 13.7. The predicted molar refractivity (Wildman–Crippen MR) is 122 cm³/mol. The Labute approximate surface area is 176 Å². The molecule has 2 aromatic rings. The second kappa shape index (κ2) is 10.1. The first-order valence-corrected chi connectivity index (χ1v) is 10.8. The molecule has 0 aliphatic rings. The van der Waals surface area contributed by atoms with Gasteiger partial charge in [-0.1, -0.05) is 52.0 Å². The fourth-order valence-corrected chi connectivity index (χ4v) is 4.02. The van der Waals surface area contributed by atoms with Gasteiger partial charge < -0.3 is 14.8 Å². The minimum atomic E-state index is -0.828. The van der Waals surface area contributed by atoms with Crippen molar-refractivity contribution in [2.75, 3.05) is 11.9 Å². The summed E-state index contributed by atoms with van der Waals surface area (Å²) < 4.78 is 12.1. The molecule has 0 fully saturated rings. The van der Waals surface area contributed by atoms with E-state index in [2.05, 4.69) is 33.0 Å². The summed E-state index contributed by atoms with van der Waals surface area (Å²) in [6.45, 7) is 15.0. The quantitative estimate of drug-likeness (QED) is 0.500. The normalized spacial score (nSPS) is 12.2. The van der Waals surface area contributed by atoms with Crippen LogP contribution < -0.4 is 10.1 Å². The third-order valence-corrected chi connectivity index (χ3v) is 4.81. The van der Waals surface area contributed by atoms with Crippen molar-refractivity contribution in [2.45, 2.75) is 73.0 Å². The Morgan fingerprint density at radius 3 is 2.03 bits per heavy atom. The fraction of sp³-hybridized carbons (Fsp3) is 0.560. The number of carbonyl (C=O) groups is 1. The summed E-state index contributed by atoms with van der Waals surface area (Å²) in [4.78, 5) is 13.5. The van der Waals surface area contributed by atoms with Gasteiger partial charge in [-0.25, -0.2) is 0 Å². The van der Waals surface area contributed by atoms with Gasteiger partial charge in [0.15, 0.2) is 0 Å². The molecule has 2 rings (SSSR count). The van der Waals surface area contributed by atoms with E-state index >= 15 is 0 Å². The van der Waals surface area contributed by atoms with Crippen LogP contribution in [0.1, 0.15) is 61.3 Å². The molecule has 2 aromatic carbocycles. The molecule has 0 saturated heterocycles. The van der Waals surface area contributed by atoms with Crippen molar-refractivity contribution in [3.63, 3.8) is 0 Å². The first kappa shape index (κ1) is 23.2. The Hall–Kier alpha value is -2.07. The highest BCUT2D eigenvalue weighted by Crippen LogP contribution is 2.35. The number of ether oxygens (including phenoxy) is 2. The molecule has 0 heterocycles. The predicted octanol–water partition coefficient (Wildman–Crippen LogP) is 6.43. The smallest absolute Gasteiger partial charge is 0.256 e. The van der Waals surface area contributed by atoms with Gasteiger partial charge >= 0.3 is 0 Å². The van der Waals surface area contributed by atoms with Crippen LogP contribution in [0.5, 0.6) is 5.75 Å². The van der Waals surface area contributed by atoms with Crippen LogP contribution in [0.4, 0.5) is 5.69 Å². The fourth-order valence-electron chi connectivity index (χ4n) is 4.02. The first-order valence-electron chi connectivity index (χ1n) is 10.8. The molecule has 0 atom stereocenters. The monoisotopic (exact) mass is 399 g/mol. The highest BCUT2D eigenvalue weighted by atomic mass is 16.5. The number of amides is 1. The highest BCUT2D eigenvalue weighted by Gasteiger charge is 2.40. The molecule has 0 saturated carbocycles. The largest absolute Gasteiger partial charge is 0.490 e. The van der Waals surface area contributed by atoms with E-state index in [1.807, 2.05) is 57.2 Å². The number of fused-ring (bicyclic) bond motifs is 1. The van der Waals surface area contributed by atoms with E-state index in [9.17, 15) is 4.79 Å². The molecule has 1 N–H and O–H groups in total. The van der Waals surface area contributed by atoms with E-state index in [1.165, 1.54) is 0 Å². The number of benzene rings is 2. The Morgan fingerprint density at radius 2 is 1.52 bits per heavy atom. The van der Waals surface area contributed by atoms with Crippen molar-refractivity contribution in [2.24, 2.45) is 11.8 Å². The van der Waals surface area contributed by atoms with Gasteiger partial charge in [0, 0.05) is 23.1 Å². The lowest BCUT2D eigenvalue weighted by molar-refractivity contribution is -0.146. The number of hydrogen-bond donors (Lipinski definition) is 1. The summed E-state index contributed by atoms with van der Waals surface area (Å²) in [5.74, 6) is 1.47. The number of rotatable bonds is 10. The van der Waals surface area contributed by atoms with Gasteiger partial charge in [0.05, 0.1) is 6.10 Å². The Balaban J connectivity index is 2.44. The van der Waals surface area contributed by atoms with Crippen LogP contribution in [0.15, 0.2) is 36.4 Å². The molecule has 0 aromatic heterocycles. The number of nitrogens with one attached hydrogen (secondary N) is 1. The van der Waals surface area contributed by atoms with Gasteiger partial charge in [0.1, 0.15) is 11.4 Å². The molecule has 0 spiro atoms. The molecule has 29 heavy (non-hydrogen) atoms. The van der Waals surface area contributed by atoms with Gasteiger partial charge in [-0.05, 0) is 57.6 Å². The van der Waals surface area contributed by atoms with E-state index in [4.69, 9.17) is 9.47 Å². The van der Waals surface area contributed by atoms with Crippen LogP contribution in [0, 0.1) is 11.8 Å². The minimum absolute atomic E-state index is 0.0653. The number of anilines is 1. The van der Waals surface area contributed by atoms with Crippen molar-refractivity contribution in [1.82, 2.24) is 0 Å². The van der Waals surface area contributed by atoms with Crippen molar-refractivity contribution >= 4 is 22.4 Å². The molecule has 0 bridgehead atoms. The lowest BCUT2D eigenvalue weighted by Gasteiger charge is -2.35. The lowest BCUT2D eigenvalue weighted by atomic mass is 9.83. The van der Waals surface area contributed by atoms with Crippen molar-refractivity contribution in [1.29, 1.82) is 0 Å². The minimum Gasteiger partial charge on any atom is -0.490 e. The molecule has 0 aliphatic heterocycles. The van der Waals surface area contributed by atoms with E-state index in [-0.39, 0.29) is 12.0 Å². The second-order valence-corrected chi connectivity index (χ2v) is 8.90. The summed E-state index contributed by atoms with van der Waals surface area (Å²) in [7, 11) is 0. The maximum atomic E-state index is 13.5. The van der Waals surface area contributed by atoms with E-state index in [0.29, 0.717) is 31.3 Å². The maximum Gasteiger partial charge on any atom is 0.256 e. The van der Waals surface area contributed by atoms with Crippen LogP contribution in [0.2, 0.25) is 0 Å². The van der Waals surface area contributed by atoms with Gasteiger partial charge in [-0.3, -0.25) is 4.79 Å². The zero-order chi connectivity index (χ0) is 21.6. The lowest BCUT2D eigenvalue weighted by Crippen LogP contribution is -2.47. The van der Waals surface area contributed by atoms with Crippen molar-refractivity contribution in [3.05, 3.63) is 36.4 Å². The van der Waals surface area contributed by atoms with Gasteiger partial charge in [-0.15, -0.1) is 0 Å². The summed E-state index contributed by atoms with van der Waals surface area (Å²) in [5.41, 5.74) is -0.0380. The average molecular weight is 400 g/mol. The third-order valence-electron chi connectivity index (χ3n) is 4.81. The molecule has 0 aliphatic carbocycles. The molecular weight excluding hydrogens is 362 g/mol. The number of hydrogen-bond acceptors (Lipinski definition) is 3. The van der Waals surface area contributed by atoms with Crippen LogP contribution in [-0.2, 0) is 9.53 Å². The summed E-state index contributed by atoms with van der Waals surface area (Å²) in [6, 6.07) is 11.9. The van der Waals surface area contributed by atoms with Crippen molar-refractivity contribution in [3.8, 4) is 5.75 Å². The molecule has 4 nitrogen and oxygen atoms in total. The van der Waals surface area contributed by atoms with Crippen LogP contribution in [0.25, 0.3) is 10.8 Å². The van der Waals surface area contributed by atoms with Crippen LogP contribution in [0.3, 0.4) is 0 Å². The van der Waals surface area contributed by atoms with Crippen LogP contribution >= 0.6 is 0 Å². The van der Waals surface area contributed by atoms with Gasteiger partial charge in [-0.2, -0.15) is 0 Å². The SMILES string of the molecule is CCOC(CC(C)C)(CC(C)C)C(=O)Nc1ccc(OC(C)C)c2ccccc12. The molecule has 160 valence electrons. The molecular formula is C25H37NO3. The molecule has 0 radical (unpaired) electrons. The summed E-state index contributed by atoms with van der Waals surface area (Å²) in [5, 5.41) is 5.15. The summed E-state index contributed by atoms with van der Waals surface area (Å²) in [6.07, 6.45) is 1.47. The van der Waals surface area contributed by atoms with Crippen molar-refractivity contribution < 1.29 is 14.3 Å². The third kappa shape index (κ3) is 5.96. The Morgan fingerprint density at radius 1 is 0.931 bits per heavy atom. The average Bonchev–Trinajstić information content (AvgIpc) is 2.62. The highest BCUT2D eigenvalue weighted by molar-refractivity contribution is 6.06.